The van der Waals surface area contributed by atoms with Gasteiger partial charge in [0, 0.05) is 54.5 Å². The second kappa shape index (κ2) is 8.20. The Hall–Kier alpha value is -2.57. The molecular weight excluding hydrogens is 354 g/mol. The normalized spacial score (nSPS) is 16.6. The Morgan fingerprint density at radius 1 is 0.964 bits per heavy atom. The van der Waals surface area contributed by atoms with Crippen LogP contribution in [0, 0.1) is 0 Å². The van der Waals surface area contributed by atoms with Crippen LogP contribution < -0.4 is 0 Å². The van der Waals surface area contributed by atoms with E-state index in [0.717, 1.165) is 24.1 Å². The number of fused-ring (bicyclic) bond motifs is 3. The summed E-state index contributed by atoms with van der Waals surface area (Å²) in [6.45, 7) is 6.15. The molecule has 148 valence electrons. The highest BCUT2D eigenvalue weighted by Crippen LogP contribution is 2.28. The topological polar surface area (TPSA) is 57.9 Å². The van der Waals surface area contributed by atoms with E-state index in [4.69, 9.17) is 4.74 Å². The highest BCUT2D eigenvalue weighted by atomic mass is 16.6. The predicted octanol–water partition coefficient (Wildman–Crippen LogP) is 2.93. The first kappa shape index (κ1) is 18.8. The van der Waals surface area contributed by atoms with Crippen LogP contribution in [0.15, 0.2) is 48.5 Å². The molecule has 0 radical (unpaired) electrons. The number of aliphatic hydroxyl groups is 1. The summed E-state index contributed by atoms with van der Waals surface area (Å²) in [5, 5.41) is 13.2. The van der Waals surface area contributed by atoms with Crippen molar-refractivity contribution in [3.63, 3.8) is 0 Å². The lowest BCUT2D eigenvalue weighted by Crippen LogP contribution is -2.50. The van der Waals surface area contributed by atoms with Gasteiger partial charge < -0.3 is 19.3 Å². The number of para-hydroxylation sites is 2. The van der Waals surface area contributed by atoms with E-state index in [9.17, 15) is 9.90 Å². The molecule has 6 nitrogen and oxygen atoms in total. The van der Waals surface area contributed by atoms with Gasteiger partial charge in [-0.1, -0.05) is 36.4 Å². The Bertz CT molecular complexity index is 907. The number of aromatic nitrogens is 1. The molecule has 1 atom stereocenters. The van der Waals surface area contributed by atoms with E-state index in [2.05, 4.69) is 45.9 Å². The molecule has 2 heterocycles. The number of hydrogen-bond donors (Lipinski definition) is 1. The van der Waals surface area contributed by atoms with Crippen molar-refractivity contribution < 1.29 is 14.6 Å². The number of piperazine rings is 1. The summed E-state index contributed by atoms with van der Waals surface area (Å²) in [4.78, 5) is 15.8. The minimum Gasteiger partial charge on any atom is -0.450 e. The molecule has 2 aromatic carbocycles. The van der Waals surface area contributed by atoms with Crippen LogP contribution in [0.1, 0.15) is 6.92 Å². The number of rotatable bonds is 5. The predicted molar refractivity (Wildman–Crippen MR) is 110 cm³/mol. The Labute approximate surface area is 164 Å². The summed E-state index contributed by atoms with van der Waals surface area (Å²) in [7, 11) is 0. The molecule has 1 unspecified atom stereocenters. The molecule has 1 aliphatic heterocycles. The van der Waals surface area contributed by atoms with Gasteiger partial charge in [0.15, 0.2) is 0 Å². The molecule has 6 heteroatoms. The van der Waals surface area contributed by atoms with Gasteiger partial charge in [0.1, 0.15) is 0 Å². The van der Waals surface area contributed by atoms with Gasteiger partial charge in [0.05, 0.1) is 19.3 Å². The first-order chi connectivity index (χ1) is 13.7. The SMILES string of the molecule is CCOC(=O)N1CCN(CC(O)Cn2c3ccccc3c3ccccc32)CC1. The van der Waals surface area contributed by atoms with Crippen molar-refractivity contribution >= 4 is 27.9 Å². The van der Waals surface area contributed by atoms with Crippen LogP contribution in [0.25, 0.3) is 21.8 Å². The maximum Gasteiger partial charge on any atom is 0.409 e. The fraction of sp³-hybridized carbons (Fsp3) is 0.409. The van der Waals surface area contributed by atoms with Gasteiger partial charge in [-0.2, -0.15) is 0 Å². The van der Waals surface area contributed by atoms with Gasteiger partial charge in [-0.05, 0) is 19.1 Å². The van der Waals surface area contributed by atoms with Gasteiger partial charge >= 0.3 is 6.09 Å². The van der Waals surface area contributed by atoms with Crippen molar-refractivity contribution in [2.45, 2.75) is 19.6 Å². The molecule has 4 rings (SSSR count). The van der Waals surface area contributed by atoms with Crippen molar-refractivity contribution in [2.24, 2.45) is 0 Å². The monoisotopic (exact) mass is 381 g/mol. The summed E-state index contributed by atoms with van der Waals surface area (Å²) < 4.78 is 7.28. The lowest BCUT2D eigenvalue weighted by molar-refractivity contribution is 0.0539. The van der Waals surface area contributed by atoms with Crippen molar-refractivity contribution in [1.82, 2.24) is 14.4 Å². The molecule has 1 N–H and O–H groups in total. The van der Waals surface area contributed by atoms with Gasteiger partial charge in [-0.3, -0.25) is 4.90 Å². The smallest absolute Gasteiger partial charge is 0.409 e. The lowest BCUT2D eigenvalue weighted by atomic mass is 10.2. The number of carbonyl (C=O) groups excluding carboxylic acids is 1. The van der Waals surface area contributed by atoms with Crippen molar-refractivity contribution in [3.05, 3.63) is 48.5 Å². The van der Waals surface area contributed by atoms with E-state index < -0.39 is 6.10 Å². The Balaban J connectivity index is 1.43. The van der Waals surface area contributed by atoms with Crippen LogP contribution in [-0.4, -0.2) is 71.0 Å². The molecule has 1 aromatic heterocycles. The van der Waals surface area contributed by atoms with Crippen molar-refractivity contribution in [3.8, 4) is 0 Å². The number of benzene rings is 2. The molecule has 0 spiro atoms. The third-order valence-electron chi connectivity index (χ3n) is 5.44. The van der Waals surface area contributed by atoms with Gasteiger partial charge in [-0.15, -0.1) is 0 Å². The largest absolute Gasteiger partial charge is 0.450 e. The Morgan fingerprint density at radius 3 is 2.11 bits per heavy atom. The van der Waals surface area contributed by atoms with Crippen LogP contribution in [0.5, 0.6) is 0 Å². The van der Waals surface area contributed by atoms with E-state index in [-0.39, 0.29) is 6.09 Å². The molecule has 1 fully saturated rings. The maximum absolute atomic E-state index is 11.8. The van der Waals surface area contributed by atoms with Crippen LogP contribution in [0.3, 0.4) is 0 Å². The Kier molecular flexibility index (Phi) is 5.50. The molecular formula is C22H27N3O3. The van der Waals surface area contributed by atoms with Gasteiger partial charge in [0.25, 0.3) is 0 Å². The summed E-state index contributed by atoms with van der Waals surface area (Å²) in [5.41, 5.74) is 2.30. The zero-order valence-electron chi connectivity index (χ0n) is 16.3. The highest BCUT2D eigenvalue weighted by molar-refractivity contribution is 6.07. The fourth-order valence-corrected chi connectivity index (χ4v) is 4.09. The molecule has 0 aliphatic carbocycles. The van der Waals surface area contributed by atoms with Crippen LogP contribution in [-0.2, 0) is 11.3 Å². The molecule has 3 aromatic rings. The van der Waals surface area contributed by atoms with Gasteiger partial charge in [0.2, 0.25) is 0 Å². The van der Waals surface area contributed by atoms with Crippen LogP contribution in [0.4, 0.5) is 4.79 Å². The van der Waals surface area contributed by atoms with E-state index in [1.807, 2.05) is 19.1 Å². The summed E-state index contributed by atoms with van der Waals surface area (Å²) in [6, 6.07) is 16.7. The summed E-state index contributed by atoms with van der Waals surface area (Å²) in [6.07, 6.45) is -0.721. The molecule has 28 heavy (non-hydrogen) atoms. The molecule has 0 bridgehead atoms. The number of hydrogen-bond acceptors (Lipinski definition) is 4. The van der Waals surface area contributed by atoms with E-state index >= 15 is 0 Å². The zero-order chi connectivity index (χ0) is 19.5. The average Bonchev–Trinajstić information content (AvgIpc) is 3.03. The molecule has 0 saturated carbocycles. The van der Waals surface area contributed by atoms with Crippen molar-refractivity contribution in [1.29, 1.82) is 0 Å². The maximum atomic E-state index is 11.8. The molecule has 1 aliphatic rings. The number of carbonyl (C=O) groups is 1. The number of nitrogens with zero attached hydrogens (tertiary/aromatic N) is 3. The minimum absolute atomic E-state index is 0.243. The Morgan fingerprint density at radius 2 is 1.54 bits per heavy atom. The number of β-amino-alcohol motifs (C(OH)–C–C–N with tert-alkyl or cyclic N) is 1. The fourth-order valence-electron chi connectivity index (χ4n) is 4.09. The number of ether oxygens (including phenoxy) is 1. The standard InChI is InChI=1S/C22H27N3O3/c1-2-28-22(27)24-13-11-23(12-14-24)15-17(26)16-25-20-9-5-3-7-18(20)19-8-4-6-10-21(19)25/h3-10,17,26H,2,11-16H2,1H3. The zero-order valence-corrected chi connectivity index (χ0v) is 16.3. The second-order valence-electron chi connectivity index (χ2n) is 7.29. The third kappa shape index (κ3) is 3.70. The van der Waals surface area contributed by atoms with E-state index in [0.29, 0.717) is 32.8 Å². The van der Waals surface area contributed by atoms with E-state index in [1.54, 1.807) is 4.90 Å². The average molecular weight is 381 g/mol. The lowest BCUT2D eigenvalue weighted by Gasteiger charge is -2.35. The minimum atomic E-state index is -0.478. The second-order valence-corrected chi connectivity index (χ2v) is 7.29. The summed E-state index contributed by atoms with van der Waals surface area (Å²) >= 11 is 0. The summed E-state index contributed by atoms with van der Waals surface area (Å²) in [5.74, 6) is 0. The first-order valence-electron chi connectivity index (χ1n) is 9.95. The highest BCUT2D eigenvalue weighted by Gasteiger charge is 2.23. The van der Waals surface area contributed by atoms with Gasteiger partial charge in [-0.25, -0.2) is 4.79 Å². The van der Waals surface area contributed by atoms with Crippen LogP contribution in [0.2, 0.25) is 0 Å². The van der Waals surface area contributed by atoms with Crippen LogP contribution >= 0.6 is 0 Å². The van der Waals surface area contributed by atoms with Crippen molar-refractivity contribution in [2.75, 3.05) is 39.3 Å². The van der Waals surface area contributed by atoms with E-state index in [1.165, 1.54) is 10.8 Å². The molecule has 1 amide bonds. The number of amides is 1. The quantitative estimate of drug-likeness (QED) is 0.738. The third-order valence-corrected chi connectivity index (χ3v) is 5.44. The first-order valence-corrected chi connectivity index (χ1v) is 9.95. The molecule has 1 saturated heterocycles. The number of aliphatic hydroxyl groups excluding tert-OH is 1.